The first-order valence-corrected chi connectivity index (χ1v) is 17.8. The van der Waals surface area contributed by atoms with E-state index < -0.39 is 0 Å². The van der Waals surface area contributed by atoms with Gasteiger partial charge in [-0.15, -0.1) is 0 Å². The van der Waals surface area contributed by atoms with Gasteiger partial charge in [-0.1, -0.05) is 12.1 Å². The number of methoxy groups -OCH3 is 7. The van der Waals surface area contributed by atoms with Gasteiger partial charge in [0.05, 0.1) is 61.1 Å². The minimum atomic E-state index is 0.337. The highest BCUT2D eigenvalue weighted by Gasteiger charge is 2.28. The molecule has 0 atom stereocenters. The molecule has 0 N–H and O–H groups in total. The molecular formula is C43H49N3O7. The number of para-hydroxylation sites is 2. The minimum absolute atomic E-state index is 0.337. The van der Waals surface area contributed by atoms with Crippen LogP contribution < -0.4 is 38.1 Å². The average Bonchev–Trinajstić information content (AvgIpc) is 3.22. The summed E-state index contributed by atoms with van der Waals surface area (Å²) in [6.45, 7) is 0.705. The topological polar surface area (TPSA) is 93.6 Å². The van der Waals surface area contributed by atoms with Crippen LogP contribution in [0, 0.1) is 5.92 Å². The van der Waals surface area contributed by atoms with Crippen molar-refractivity contribution >= 4 is 5.69 Å². The van der Waals surface area contributed by atoms with E-state index in [1.807, 2.05) is 55.0 Å². The van der Waals surface area contributed by atoms with E-state index in [4.69, 9.17) is 38.1 Å². The first kappa shape index (κ1) is 37.1. The zero-order chi connectivity index (χ0) is 37.3. The SMILES string of the molecule is COc1ccccc1N(Cc1ccnc(-c2cc(OC)c(OC)c(OC)c2)c1)C1CCC(Cc2cncc(-c3cc(OC)c(OC)c(OC)c3)c2)CC1. The van der Waals surface area contributed by atoms with Crippen LogP contribution in [0.5, 0.6) is 40.2 Å². The smallest absolute Gasteiger partial charge is 0.203 e. The van der Waals surface area contributed by atoms with Gasteiger partial charge in [-0.2, -0.15) is 0 Å². The van der Waals surface area contributed by atoms with Crippen LogP contribution in [0.15, 0.2) is 85.3 Å². The zero-order valence-corrected chi connectivity index (χ0v) is 31.7. The van der Waals surface area contributed by atoms with Gasteiger partial charge in [0.25, 0.3) is 0 Å². The molecule has 1 fully saturated rings. The average molecular weight is 720 g/mol. The molecule has 53 heavy (non-hydrogen) atoms. The normalized spacial score (nSPS) is 15.3. The summed E-state index contributed by atoms with van der Waals surface area (Å²) in [4.78, 5) is 11.9. The van der Waals surface area contributed by atoms with Gasteiger partial charge >= 0.3 is 0 Å². The Morgan fingerprint density at radius 3 is 1.74 bits per heavy atom. The third kappa shape index (κ3) is 8.22. The molecule has 6 rings (SSSR count). The molecule has 10 nitrogen and oxygen atoms in total. The van der Waals surface area contributed by atoms with E-state index in [1.54, 1.807) is 49.8 Å². The monoisotopic (exact) mass is 719 g/mol. The summed E-state index contributed by atoms with van der Waals surface area (Å²) in [6, 6.07) is 22.9. The predicted molar refractivity (Wildman–Crippen MR) is 207 cm³/mol. The standard InChI is InChI=1S/C43H49N3O7/c1-47-37-11-9-8-10-36(37)46(27-29-16-17-45-35(20-29)32-23-40(50-4)43(53-7)41(24-32)51-5)34-14-12-28(13-15-34)18-30-19-33(26-44-25-30)31-21-38(48-2)42(52-6)39(22-31)49-3/h8-11,16-17,19-26,28,34H,12-15,18,27H2,1-7H3. The molecular weight excluding hydrogens is 670 g/mol. The van der Waals surface area contributed by atoms with Crippen molar-refractivity contribution in [2.24, 2.45) is 5.92 Å². The van der Waals surface area contributed by atoms with Crippen molar-refractivity contribution in [2.75, 3.05) is 54.7 Å². The zero-order valence-electron chi connectivity index (χ0n) is 31.7. The predicted octanol–water partition coefficient (Wildman–Crippen LogP) is 8.68. The number of pyridine rings is 2. The first-order chi connectivity index (χ1) is 25.9. The molecule has 0 amide bonds. The van der Waals surface area contributed by atoms with E-state index in [2.05, 4.69) is 40.2 Å². The van der Waals surface area contributed by atoms with Gasteiger partial charge in [-0.3, -0.25) is 9.97 Å². The van der Waals surface area contributed by atoms with Crippen molar-refractivity contribution in [1.82, 2.24) is 9.97 Å². The van der Waals surface area contributed by atoms with Crippen LogP contribution in [0.4, 0.5) is 5.69 Å². The van der Waals surface area contributed by atoms with Gasteiger partial charge in [0.2, 0.25) is 11.5 Å². The molecule has 3 aromatic carbocycles. The summed E-state index contributed by atoms with van der Waals surface area (Å²) in [5.41, 5.74) is 7.15. The molecule has 0 unspecified atom stereocenters. The van der Waals surface area contributed by atoms with Crippen LogP contribution in [0.1, 0.15) is 36.8 Å². The first-order valence-electron chi connectivity index (χ1n) is 17.8. The Hall–Kier alpha value is -5.64. The molecule has 0 bridgehead atoms. The Morgan fingerprint density at radius 2 is 1.15 bits per heavy atom. The Labute approximate surface area is 312 Å². The molecule has 0 spiro atoms. The number of hydrogen-bond acceptors (Lipinski definition) is 10. The summed E-state index contributed by atoms with van der Waals surface area (Å²) < 4.78 is 39.4. The van der Waals surface area contributed by atoms with Crippen LogP contribution in [0.3, 0.4) is 0 Å². The summed E-state index contributed by atoms with van der Waals surface area (Å²) in [7, 11) is 11.5. The number of hydrogen-bond donors (Lipinski definition) is 0. The number of benzene rings is 3. The van der Waals surface area contributed by atoms with Crippen LogP contribution >= 0.6 is 0 Å². The van der Waals surface area contributed by atoms with Gasteiger partial charge in [0.1, 0.15) is 5.75 Å². The number of rotatable bonds is 15. The van der Waals surface area contributed by atoms with Crippen LogP contribution in [0.25, 0.3) is 22.4 Å². The second-order valence-electron chi connectivity index (χ2n) is 13.1. The minimum Gasteiger partial charge on any atom is -0.495 e. The third-order valence-corrected chi connectivity index (χ3v) is 10.1. The summed E-state index contributed by atoms with van der Waals surface area (Å²) >= 11 is 0. The van der Waals surface area contributed by atoms with Gasteiger partial charge in [-0.25, -0.2) is 0 Å². The summed E-state index contributed by atoms with van der Waals surface area (Å²) in [5.74, 6) is 4.96. The highest BCUT2D eigenvalue weighted by atomic mass is 16.5. The molecule has 2 aromatic heterocycles. The van der Waals surface area contributed by atoms with E-state index in [0.29, 0.717) is 53.0 Å². The lowest BCUT2D eigenvalue weighted by Gasteiger charge is -2.39. The van der Waals surface area contributed by atoms with Crippen molar-refractivity contribution < 1.29 is 33.2 Å². The fourth-order valence-electron chi connectivity index (χ4n) is 7.43. The third-order valence-electron chi connectivity index (χ3n) is 10.1. The lowest BCUT2D eigenvalue weighted by atomic mass is 9.81. The van der Waals surface area contributed by atoms with Gasteiger partial charge < -0.3 is 38.1 Å². The van der Waals surface area contributed by atoms with Crippen molar-refractivity contribution in [3.63, 3.8) is 0 Å². The van der Waals surface area contributed by atoms with E-state index in [1.165, 1.54) is 5.56 Å². The molecule has 0 radical (unpaired) electrons. The van der Waals surface area contributed by atoms with Crippen LogP contribution in [0.2, 0.25) is 0 Å². The van der Waals surface area contributed by atoms with E-state index in [-0.39, 0.29) is 0 Å². The largest absolute Gasteiger partial charge is 0.495 e. The number of ether oxygens (including phenoxy) is 7. The Bertz CT molecular complexity index is 1940. The Kier molecular flexibility index (Phi) is 12.1. The number of aromatic nitrogens is 2. The molecule has 2 heterocycles. The molecule has 0 aliphatic heterocycles. The highest BCUT2D eigenvalue weighted by Crippen LogP contribution is 2.43. The molecule has 1 aliphatic rings. The molecule has 1 saturated carbocycles. The molecule has 0 saturated heterocycles. The molecule has 5 aromatic rings. The lowest BCUT2D eigenvalue weighted by Crippen LogP contribution is -2.38. The lowest BCUT2D eigenvalue weighted by molar-refractivity contribution is 0.310. The number of anilines is 1. The summed E-state index contributed by atoms with van der Waals surface area (Å²) in [5, 5.41) is 0. The molecule has 278 valence electrons. The van der Waals surface area contributed by atoms with Gasteiger partial charge in [-0.05, 0) is 109 Å². The Morgan fingerprint density at radius 1 is 0.566 bits per heavy atom. The van der Waals surface area contributed by atoms with Crippen molar-refractivity contribution in [3.05, 3.63) is 96.4 Å². The van der Waals surface area contributed by atoms with E-state index >= 15 is 0 Å². The summed E-state index contributed by atoms with van der Waals surface area (Å²) in [6.07, 6.45) is 11.1. The second kappa shape index (κ2) is 17.3. The van der Waals surface area contributed by atoms with Crippen molar-refractivity contribution in [1.29, 1.82) is 0 Å². The van der Waals surface area contributed by atoms with Crippen LogP contribution in [-0.4, -0.2) is 65.8 Å². The maximum atomic E-state index is 5.89. The van der Waals surface area contributed by atoms with Crippen LogP contribution in [-0.2, 0) is 13.0 Å². The van der Waals surface area contributed by atoms with Crippen molar-refractivity contribution in [2.45, 2.75) is 44.7 Å². The fraction of sp³-hybridized carbons (Fsp3) is 0.349. The van der Waals surface area contributed by atoms with Gasteiger partial charge in [0.15, 0.2) is 23.0 Å². The van der Waals surface area contributed by atoms with E-state index in [0.717, 1.165) is 71.5 Å². The quantitative estimate of drug-likeness (QED) is 0.105. The van der Waals surface area contributed by atoms with Gasteiger partial charge in [0, 0.05) is 42.3 Å². The highest BCUT2D eigenvalue weighted by molar-refractivity contribution is 5.71. The molecule has 10 heteroatoms. The molecule has 1 aliphatic carbocycles. The van der Waals surface area contributed by atoms with Crippen molar-refractivity contribution in [3.8, 4) is 62.6 Å². The number of nitrogens with zero attached hydrogens (tertiary/aromatic N) is 3. The second-order valence-corrected chi connectivity index (χ2v) is 13.1. The fourth-order valence-corrected chi connectivity index (χ4v) is 7.43. The van der Waals surface area contributed by atoms with E-state index in [9.17, 15) is 0 Å². The maximum Gasteiger partial charge on any atom is 0.203 e. The Balaban J connectivity index is 1.21. The maximum absolute atomic E-state index is 5.89.